The minimum Gasteiger partial charge on any atom is -0.288 e. The molecule has 1 aliphatic heterocycles. The molecule has 1 aliphatic rings. The van der Waals surface area contributed by atoms with Gasteiger partial charge >= 0.3 is 6.18 Å². The molecule has 1 amide bonds. The summed E-state index contributed by atoms with van der Waals surface area (Å²) in [5.41, 5.74) is 3.28. The minimum atomic E-state index is -4.42. The van der Waals surface area contributed by atoms with Crippen LogP contribution in [0.1, 0.15) is 23.6 Å². The molecule has 1 heterocycles. The van der Waals surface area contributed by atoms with Crippen molar-refractivity contribution in [3.05, 3.63) is 35.4 Å². The Morgan fingerprint density at radius 2 is 1.89 bits per heavy atom. The highest BCUT2D eigenvalue weighted by Crippen LogP contribution is 2.37. The number of nitrogens with one attached hydrogen (secondary N) is 1. The third kappa shape index (κ3) is 2.64. The lowest BCUT2D eigenvalue weighted by atomic mass is 10.0. The van der Waals surface area contributed by atoms with Crippen molar-refractivity contribution in [2.24, 2.45) is 0 Å². The number of carbonyl (C=O) groups excluding carboxylic acids is 1. The predicted molar refractivity (Wildman–Crippen MR) is 59.4 cm³/mol. The summed E-state index contributed by atoms with van der Waals surface area (Å²) >= 11 is 0. The number of nitrogens with zero attached hydrogens (tertiary/aromatic N) is 1. The second kappa shape index (κ2) is 4.61. The van der Waals surface area contributed by atoms with Crippen LogP contribution < -0.4 is 5.43 Å². The number of hydrogen-bond donors (Lipinski definition) is 1. The molecule has 1 saturated heterocycles. The highest BCUT2D eigenvalue weighted by Gasteiger charge is 2.46. The van der Waals surface area contributed by atoms with Gasteiger partial charge < -0.3 is 0 Å². The number of hydrazine groups is 1. The van der Waals surface area contributed by atoms with Crippen molar-refractivity contribution in [1.82, 2.24) is 10.4 Å². The summed E-state index contributed by atoms with van der Waals surface area (Å²) in [5.74, 6) is -0.378. The SMILES string of the molecule is Cc1ccc(C(N2CCC(=O)N2)C(F)(F)F)cc1. The van der Waals surface area contributed by atoms with E-state index in [0.29, 0.717) is 0 Å². The molecule has 3 nitrogen and oxygen atoms in total. The van der Waals surface area contributed by atoms with Gasteiger partial charge in [-0.2, -0.15) is 13.2 Å². The van der Waals surface area contributed by atoms with Crippen LogP contribution >= 0.6 is 0 Å². The number of benzene rings is 1. The van der Waals surface area contributed by atoms with Crippen LogP contribution in [0.25, 0.3) is 0 Å². The molecule has 1 aromatic rings. The first kappa shape index (κ1) is 12.9. The number of halogens is 3. The van der Waals surface area contributed by atoms with E-state index in [2.05, 4.69) is 5.43 Å². The molecule has 0 spiro atoms. The van der Waals surface area contributed by atoms with E-state index in [1.54, 1.807) is 12.1 Å². The number of rotatable bonds is 2. The fourth-order valence-electron chi connectivity index (χ4n) is 1.98. The van der Waals surface area contributed by atoms with Gasteiger partial charge in [0.25, 0.3) is 0 Å². The van der Waals surface area contributed by atoms with E-state index >= 15 is 0 Å². The molecule has 2 rings (SSSR count). The van der Waals surface area contributed by atoms with Crippen molar-refractivity contribution >= 4 is 5.91 Å². The van der Waals surface area contributed by atoms with Crippen molar-refractivity contribution in [1.29, 1.82) is 0 Å². The molecule has 0 aromatic heterocycles. The molecule has 0 bridgehead atoms. The molecule has 6 heteroatoms. The lowest BCUT2D eigenvalue weighted by Gasteiger charge is -2.29. The van der Waals surface area contributed by atoms with Crippen molar-refractivity contribution in [2.45, 2.75) is 25.6 Å². The van der Waals surface area contributed by atoms with Crippen molar-refractivity contribution in [3.63, 3.8) is 0 Å². The van der Waals surface area contributed by atoms with E-state index in [1.807, 2.05) is 6.92 Å². The third-order valence-electron chi connectivity index (χ3n) is 2.86. The topological polar surface area (TPSA) is 32.3 Å². The molecule has 0 aliphatic carbocycles. The fraction of sp³-hybridized carbons (Fsp3) is 0.417. The van der Waals surface area contributed by atoms with Crippen molar-refractivity contribution < 1.29 is 18.0 Å². The van der Waals surface area contributed by atoms with E-state index in [0.717, 1.165) is 10.6 Å². The summed E-state index contributed by atoms with van der Waals surface area (Å²) < 4.78 is 39.3. The zero-order valence-corrected chi connectivity index (χ0v) is 9.79. The summed E-state index contributed by atoms with van der Waals surface area (Å²) in [6.45, 7) is 1.88. The number of amides is 1. The van der Waals surface area contributed by atoms with Gasteiger partial charge in [0.15, 0.2) is 0 Å². The van der Waals surface area contributed by atoms with Gasteiger partial charge in [-0.1, -0.05) is 29.8 Å². The first-order valence-corrected chi connectivity index (χ1v) is 5.57. The Labute approximate surface area is 103 Å². The maximum atomic E-state index is 13.1. The van der Waals surface area contributed by atoms with Crippen LogP contribution in [0, 0.1) is 6.92 Å². The van der Waals surface area contributed by atoms with Crippen LogP contribution in [0.5, 0.6) is 0 Å². The molecule has 1 atom stereocenters. The molecule has 1 fully saturated rings. The van der Waals surface area contributed by atoms with Gasteiger partial charge in [-0.15, -0.1) is 0 Å². The molecule has 18 heavy (non-hydrogen) atoms. The van der Waals surface area contributed by atoms with E-state index in [-0.39, 0.29) is 24.4 Å². The Balaban J connectivity index is 2.31. The monoisotopic (exact) mass is 258 g/mol. The van der Waals surface area contributed by atoms with Crippen LogP contribution in [-0.2, 0) is 4.79 Å². The van der Waals surface area contributed by atoms with Crippen LogP contribution in [0.3, 0.4) is 0 Å². The molecule has 0 saturated carbocycles. The molecule has 1 aromatic carbocycles. The van der Waals surface area contributed by atoms with Crippen molar-refractivity contribution in [2.75, 3.05) is 6.54 Å². The Hall–Kier alpha value is -1.56. The number of aryl methyl sites for hydroxylation is 1. The van der Waals surface area contributed by atoms with Gasteiger partial charge in [0, 0.05) is 13.0 Å². The van der Waals surface area contributed by atoms with Crippen molar-refractivity contribution in [3.8, 4) is 0 Å². The highest BCUT2D eigenvalue weighted by molar-refractivity contribution is 5.77. The molecule has 0 radical (unpaired) electrons. The summed E-state index contributed by atoms with van der Waals surface area (Å²) in [6.07, 6.45) is -4.33. The average molecular weight is 258 g/mol. The third-order valence-corrected chi connectivity index (χ3v) is 2.86. The van der Waals surface area contributed by atoms with Crippen LogP contribution in [0.4, 0.5) is 13.2 Å². The number of carbonyl (C=O) groups is 1. The quantitative estimate of drug-likeness (QED) is 0.883. The van der Waals surface area contributed by atoms with Crippen LogP contribution in [0.2, 0.25) is 0 Å². The van der Waals surface area contributed by atoms with Gasteiger partial charge in [-0.3, -0.25) is 10.2 Å². The molecule has 1 unspecified atom stereocenters. The van der Waals surface area contributed by atoms with Gasteiger partial charge in [-0.25, -0.2) is 5.01 Å². The van der Waals surface area contributed by atoms with E-state index in [4.69, 9.17) is 0 Å². The molecular weight excluding hydrogens is 245 g/mol. The van der Waals surface area contributed by atoms with Gasteiger partial charge in [0.05, 0.1) is 0 Å². The zero-order valence-electron chi connectivity index (χ0n) is 9.79. The molecule has 98 valence electrons. The average Bonchev–Trinajstić information content (AvgIpc) is 2.66. The Morgan fingerprint density at radius 3 is 2.33 bits per heavy atom. The maximum absolute atomic E-state index is 13.1. The second-order valence-corrected chi connectivity index (χ2v) is 4.33. The van der Waals surface area contributed by atoms with Gasteiger partial charge in [0.2, 0.25) is 5.91 Å². The first-order valence-electron chi connectivity index (χ1n) is 5.57. The molecule has 1 N–H and O–H groups in total. The number of hydrogen-bond acceptors (Lipinski definition) is 2. The normalized spacial score (nSPS) is 18.8. The van der Waals surface area contributed by atoms with E-state index in [1.165, 1.54) is 12.1 Å². The van der Waals surface area contributed by atoms with Gasteiger partial charge in [0.1, 0.15) is 6.04 Å². The number of alkyl halides is 3. The predicted octanol–water partition coefficient (Wildman–Crippen LogP) is 2.34. The second-order valence-electron chi connectivity index (χ2n) is 4.33. The Bertz CT molecular complexity index is 442. The fourth-order valence-corrected chi connectivity index (χ4v) is 1.98. The largest absolute Gasteiger partial charge is 0.409 e. The zero-order chi connectivity index (χ0) is 13.3. The highest BCUT2D eigenvalue weighted by atomic mass is 19.4. The summed E-state index contributed by atoms with van der Waals surface area (Å²) in [4.78, 5) is 11.1. The first-order chi connectivity index (χ1) is 8.38. The summed E-state index contributed by atoms with van der Waals surface area (Å²) in [7, 11) is 0. The van der Waals surface area contributed by atoms with Crippen LogP contribution in [0.15, 0.2) is 24.3 Å². The Morgan fingerprint density at radius 1 is 1.28 bits per heavy atom. The standard InChI is InChI=1S/C12H13F3N2O/c1-8-2-4-9(5-3-8)11(12(13,14)15)17-7-6-10(18)16-17/h2-5,11H,6-7H2,1H3,(H,16,18). The van der Waals surface area contributed by atoms with Crippen LogP contribution in [-0.4, -0.2) is 23.6 Å². The van der Waals surface area contributed by atoms with E-state index in [9.17, 15) is 18.0 Å². The lowest BCUT2D eigenvalue weighted by molar-refractivity contribution is -0.191. The minimum absolute atomic E-state index is 0.0664. The lowest BCUT2D eigenvalue weighted by Crippen LogP contribution is -2.43. The maximum Gasteiger partial charge on any atom is 0.409 e. The smallest absolute Gasteiger partial charge is 0.288 e. The summed E-state index contributed by atoms with van der Waals surface area (Å²) in [6, 6.07) is 4.36. The Kier molecular flexibility index (Phi) is 3.30. The van der Waals surface area contributed by atoms with Gasteiger partial charge in [-0.05, 0) is 12.5 Å². The summed E-state index contributed by atoms with van der Waals surface area (Å²) in [5, 5.41) is 0.951. The molecular formula is C12H13F3N2O. The van der Waals surface area contributed by atoms with E-state index < -0.39 is 12.2 Å².